The van der Waals surface area contributed by atoms with Crippen LogP contribution in [0.2, 0.25) is 0 Å². The topological polar surface area (TPSA) is 55.1 Å². The van der Waals surface area contributed by atoms with E-state index in [0.717, 1.165) is 24.0 Å². The molecule has 1 amide bonds. The van der Waals surface area contributed by atoms with Crippen LogP contribution in [0.5, 0.6) is 0 Å². The van der Waals surface area contributed by atoms with E-state index in [1.807, 2.05) is 24.3 Å². The molecule has 3 N–H and O–H groups in total. The Morgan fingerprint density at radius 2 is 1.55 bits per heavy atom. The number of rotatable bonds is 7. The van der Waals surface area contributed by atoms with Gasteiger partial charge in [-0.3, -0.25) is 4.79 Å². The maximum Gasteiger partial charge on any atom is 0.220 e. The number of hydrogen-bond donors (Lipinski definition) is 2. The Bertz CT molecular complexity index is 588. The van der Waals surface area contributed by atoms with Gasteiger partial charge in [-0.2, -0.15) is 0 Å². The number of amides is 1. The predicted octanol–water partition coefficient (Wildman–Crippen LogP) is 3.09. The summed E-state index contributed by atoms with van der Waals surface area (Å²) in [5.41, 5.74) is 10.3. The number of carbonyl (C=O) groups excluding carboxylic acids is 1. The van der Waals surface area contributed by atoms with Gasteiger partial charge in [0.15, 0.2) is 0 Å². The fourth-order valence-corrected chi connectivity index (χ4v) is 2.29. The second-order valence-electron chi connectivity index (χ2n) is 5.64. The Morgan fingerprint density at radius 1 is 0.955 bits per heavy atom. The number of carbonyl (C=O) groups is 1. The Labute approximate surface area is 132 Å². The maximum absolute atomic E-state index is 11.9. The first-order valence-electron chi connectivity index (χ1n) is 7.77. The molecule has 0 aliphatic heterocycles. The lowest BCUT2D eigenvalue weighted by molar-refractivity contribution is -0.121. The van der Waals surface area contributed by atoms with E-state index >= 15 is 0 Å². The van der Waals surface area contributed by atoms with Crippen LogP contribution in [-0.4, -0.2) is 5.91 Å². The van der Waals surface area contributed by atoms with E-state index in [0.29, 0.717) is 19.5 Å². The third-order valence-corrected chi connectivity index (χ3v) is 3.74. The molecule has 116 valence electrons. The predicted molar refractivity (Wildman–Crippen MR) is 90.3 cm³/mol. The summed E-state index contributed by atoms with van der Waals surface area (Å²) in [5.74, 6) is 0.106. The van der Waals surface area contributed by atoms with E-state index in [1.165, 1.54) is 11.1 Å². The van der Waals surface area contributed by atoms with Gasteiger partial charge in [-0.05, 0) is 36.5 Å². The summed E-state index contributed by atoms with van der Waals surface area (Å²) >= 11 is 0. The molecule has 0 aromatic heterocycles. The van der Waals surface area contributed by atoms with Gasteiger partial charge < -0.3 is 11.1 Å². The van der Waals surface area contributed by atoms with Crippen LogP contribution in [0.15, 0.2) is 48.5 Å². The Morgan fingerprint density at radius 3 is 2.18 bits per heavy atom. The highest BCUT2D eigenvalue weighted by Crippen LogP contribution is 2.07. The standard InChI is InChI=1S/C19H24N2O/c1-15-5-7-16(8-6-15)3-2-4-19(22)21-14-18-11-9-17(13-20)10-12-18/h5-12H,2-4,13-14,20H2,1H3,(H,21,22). The smallest absolute Gasteiger partial charge is 0.220 e. The molecule has 0 aliphatic carbocycles. The molecule has 22 heavy (non-hydrogen) atoms. The lowest BCUT2D eigenvalue weighted by Gasteiger charge is -2.06. The van der Waals surface area contributed by atoms with Crippen LogP contribution in [-0.2, 0) is 24.3 Å². The minimum absolute atomic E-state index is 0.106. The van der Waals surface area contributed by atoms with Crippen LogP contribution in [0.3, 0.4) is 0 Å². The minimum atomic E-state index is 0.106. The van der Waals surface area contributed by atoms with Crippen LogP contribution in [0.4, 0.5) is 0 Å². The van der Waals surface area contributed by atoms with Crippen LogP contribution in [0.25, 0.3) is 0 Å². The SMILES string of the molecule is Cc1ccc(CCCC(=O)NCc2ccc(CN)cc2)cc1. The molecule has 0 bridgehead atoms. The summed E-state index contributed by atoms with van der Waals surface area (Å²) < 4.78 is 0. The van der Waals surface area contributed by atoms with E-state index in [-0.39, 0.29) is 5.91 Å². The van der Waals surface area contributed by atoms with E-state index in [2.05, 4.69) is 36.5 Å². The molecule has 0 unspecified atom stereocenters. The number of nitrogens with one attached hydrogen (secondary N) is 1. The molecule has 0 atom stereocenters. The first-order valence-corrected chi connectivity index (χ1v) is 7.77. The minimum Gasteiger partial charge on any atom is -0.352 e. The van der Waals surface area contributed by atoms with Gasteiger partial charge in [0.2, 0.25) is 5.91 Å². The van der Waals surface area contributed by atoms with Gasteiger partial charge in [0.05, 0.1) is 0 Å². The third kappa shape index (κ3) is 5.34. The highest BCUT2D eigenvalue weighted by Gasteiger charge is 2.02. The fraction of sp³-hybridized carbons (Fsp3) is 0.316. The molecular weight excluding hydrogens is 272 g/mol. The fourth-order valence-electron chi connectivity index (χ4n) is 2.29. The monoisotopic (exact) mass is 296 g/mol. The summed E-state index contributed by atoms with van der Waals surface area (Å²) in [6.45, 7) is 3.21. The van der Waals surface area contributed by atoms with Crippen LogP contribution >= 0.6 is 0 Å². The van der Waals surface area contributed by atoms with Crippen molar-refractivity contribution in [3.63, 3.8) is 0 Å². The highest BCUT2D eigenvalue weighted by molar-refractivity contribution is 5.75. The van der Waals surface area contributed by atoms with Crippen molar-refractivity contribution in [1.82, 2.24) is 5.32 Å². The number of hydrogen-bond acceptors (Lipinski definition) is 2. The van der Waals surface area contributed by atoms with Crippen molar-refractivity contribution in [2.24, 2.45) is 5.73 Å². The van der Waals surface area contributed by atoms with Crippen LogP contribution in [0, 0.1) is 6.92 Å². The summed E-state index contributed by atoms with van der Waals surface area (Å²) in [6.07, 6.45) is 2.38. The molecule has 0 radical (unpaired) electrons. The van der Waals surface area contributed by atoms with Gasteiger partial charge in [0, 0.05) is 19.5 Å². The van der Waals surface area contributed by atoms with E-state index in [1.54, 1.807) is 0 Å². The normalized spacial score (nSPS) is 10.5. The molecule has 3 nitrogen and oxygen atoms in total. The van der Waals surface area contributed by atoms with Crippen molar-refractivity contribution in [1.29, 1.82) is 0 Å². The van der Waals surface area contributed by atoms with Gasteiger partial charge in [-0.1, -0.05) is 54.1 Å². The van der Waals surface area contributed by atoms with E-state index < -0.39 is 0 Å². The quantitative estimate of drug-likeness (QED) is 0.825. The second-order valence-corrected chi connectivity index (χ2v) is 5.64. The van der Waals surface area contributed by atoms with Crippen LogP contribution < -0.4 is 11.1 Å². The Hall–Kier alpha value is -2.13. The number of aryl methyl sites for hydroxylation is 2. The number of benzene rings is 2. The second kappa shape index (κ2) is 8.35. The number of nitrogens with two attached hydrogens (primary N) is 1. The van der Waals surface area contributed by atoms with Gasteiger partial charge in [-0.25, -0.2) is 0 Å². The molecule has 0 saturated heterocycles. The zero-order valence-corrected chi connectivity index (χ0v) is 13.1. The van der Waals surface area contributed by atoms with Crippen molar-refractivity contribution >= 4 is 5.91 Å². The molecule has 3 heteroatoms. The van der Waals surface area contributed by atoms with E-state index in [9.17, 15) is 4.79 Å². The summed E-state index contributed by atoms with van der Waals surface area (Å²) in [7, 11) is 0. The Kier molecular flexibility index (Phi) is 6.16. The molecular formula is C19H24N2O. The molecule has 0 spiro atoms. The average molecular weight is 296 g/mol. The van der Waals surface area contributed by atoms with Gasteiger partial charge in [0.25, 0.3) is 0 Å². The average Bonchev–Trinajstić information content (AvgIpc) is 2.55. The molecule has 0 saturated carbocycles. The zero-order chi connectivity index (χ0) is 15.8. The van der Waals surface area contributed by atoms with Crippen molar-refractivity contribution in [2.45, 2.75) is 39.3 Å². The third-order valence-electron chi connectivity index (χ3n) is 3.74. The Balaban J connectivity index is 1.68. The molecule has 0 heterocycles. The lowest BCUT2D eigenvalue weighted by atomic mass is 10.1. The van der Waals surface area contributed by atoms with Crippen molar-refractivity contribution < 1.29 is 4.79 Å². The van der Waals surface area contributed by atoms with Crippen LogP contribution in [0.1, 0.15) is 35.1 Å². The largest absolute Gasteiger partial charge is 0.352 e. The van der Waals surface area contributed by atoms with Crippen molar-refractivity contribution in [3.05, 3.63) is 70.8 Å². The lowest BCUT2D eigenvalue weighted by Crippen LogP contribution is -2.22. The summed E-state index contributed by atoms with van der Waals surface area (Å²) in [4.78, 5) is 11.9. The van der Waals surface area contributed by atoms with Gasteiger partial charge >= 0.3 is 0 Å². The molecule has 2 rings (SSSR count). The summed E-state index contributed by atoms with van der Waals surface area (Å²) in [6, 6.07) is 16.5. The molecule has 2 aromatic carbocycles. The zero-order valence-electron chi connectivity index (χ0n) is 13.1. The van der Waals surface area contributed by atoms with Gasteiger partial charge in [-0.15, -0.1) is 0 Å². The molecule has 0 aliphatic rings. The highest BCUT2D eigenvalue weighted by atomic mass is 16.1. The van der Waals surface area contributed by atoms with Crippen molar-refractivity contribution in [3.8, 4) is 0 Å². The first kappa shape index (κ1) is 16.2. The van der Waals surface area contributed by atoms with Crippen molar-refractivity contribution in [2.75, 3.05) is 0 Å². The molecule has 2 aromatic rings. The maximum atomic E-state index is 11.9. The van der Waals surface area contributed by atoms with Gasteiger partial charge in [0.1, 0.15) is 0 Å². The first-order chi connectivity index (χ1) is 10.7. The molecule has 0 fully saturated rings. The summed E-state index contributed by atoms with van der Waals surface area (Å²) in [5, 5.41) is 2.96. The van der Waals surface area contributed by atoms with E-state index in [4.69, 9.17) is 5.73 Å².